The number of halogens is 1. The topological polar surface area (TPSA) is 103 Å². The second kappa shape index (κ2) is 11.4. The normalized spacial score (nSPS) is 15.9. The van der Waals surface area contributed by atoms with Crippen LogP contribution in [0.5, 0.6) is 0 Å². The van der Waals surface area contributed by atoms with Crippen molar-refractivity contribution >= 4 is 17.4 Å². The first-order valence-corrected chi connectivity index (χ1v) is 14.3. The Labute approximate surface area is 237 Å². The predicted molar refractivity (Wildman–Crippen MR) is 154 cm³/mol. The van der Waals surface area contributed by atoms with E-state index in [9.17, 15) is 9.59 Å². The van der Waals surface area contributed by atoms with Gasteiger partial charge < -0.3 is 4.74 Å². The number of amides is 1. The van der Waals surface area contributed by atoms with Gasteiger partial charge in [0.15, 0.2) is 0 Å². The Morgan fingerprint density at radius 2 is 1.88 bits per heavy atom. The van der Waals surface area contributed by atoms with Crippen molar-refractivity contribution in [1.29, 1.82) is 0 Å². The van der Waals surface area contributed by atoms with E-state index >= 15 is 4.39 Å². The maximum absolute atomic E-state index is 16.6. The van der Waals surface area contributed by atoms with Crippen molar-refractivity contribution in [3.63, 3.8) is 0 Å². The first-order valence-electron chi connectivity index (χ1n) is 14.3. The number of aryl methyl sites for hydroxylation is 2. The zero-order valence-electron chi connectivity index (χ0n) is 23.3. The molecular formula is C31H33FN6O3. The van der Waals surface area contributed by atoms with Crippen molar-refractivity contribution in [2.75, 3.05) is 13.2 Å². The van der Waals surface area contributed by atoms with Crippen LogP contribution >= 0.6 is 0 Å². The summed E-state index contributed by atoms with van der Waals surface area (Å²) in [5.41, 5.74) is 6.03. The molecule has 41 heavy (non-hydrogen) atoms. The molecule has 2 aromatic heterocycles. The van der Waals surface area contributed by atoms with Crippen molar-refractivity contribution < 1.29 is 13.9 Å². The summed E-state index contributed by atoms with van der Waals surface area (Å²) in [5, 5.41) is 8.84. The van der Waals surface area contributed by atoms with Crippen LogP contribution in [-0.2, 0) is 22.4 Å². The Morgan fingerprint density at radius 1 is 1.10 bits per heavy atom. The average molecular weight is 557 g/mol. The minimum absolute atomic E-state index is 0.0112. The molecule has 0 saturated carbocycles. The second-order valence-corrected chi connectivity index (χ2v) is 10.7. The van der Waals surface area contributed by atoms with Crippen molar-refractivity contribution in [3.05, 3.63) is 86.8 Å². The van der Waals surface area contributed by atoms with Gasteiger partial charge in [-0.1, -0.05) is 55.8 Å². The van der Waals surface area contributed by atoms with E-state index in [0.29, 0.717) is 66.5 Å². The van der Waals surface area contributed by atoms with Crippen LogP contribution < -0.4 is 11.0 Å². The van der Waals surface area contributed by atoms with E-state index in [2.05, 4.69) is 27.5 Å². The first-order chi connectivity index (χ1) is 20.0. The number of fused-ring (bicyclic) bond motifs is 1. The molecule has 1 fully saturated rings. The number of carbonyl (C=O) groups excluding carboxylic acids is 1. The third-order valence-electron chi connectivity index (χ3n) is 7.92. The Balaban J connectivity index is 1.54. The molecule has 1 saturated heterocycles. The van der Waals surface area contributed by atoms with Crippen LogP contribution in [0.15, 0.2) is 52.4 Å². The van der Waals surface area contributed by atoms with Crippen LogP contribution in [-0.4, -0.2) is 44.0 Å². The Bertz CT molecular complexity index is 1700. The van der Waals surface area contributed by atoms with Gasteiger partial charge in [0.2, 0.25) is 11.7 Å². The largest absolute Gasteiger partial charge is 0.381 e. The highest BCUT2D eigenvalue weighted by Crippen LogP contribution is 2.32. The summed E-state index contributed by atoms with van der Waals surface area (Å²) in [6.45, 7) is 5.05. The summed E-state index contributed by atoms with van der Waals surface area (Å²) < 4.78 is 25.7. The molecule has 9 nitrogen and oxygen atoms in total. The Hall–Kier alpha value is -4.18. The van der Waals surface area contributed by atoms with Gasteiger partial charge in [-0.3, -0.25) is 14.2 Å². The molecule has 0 bridgehead atoms. The molecule has 2 aromatic carbocycles. The highest BCUT2D eigenvalue weighted by molar-refractivity contribution is 6.16. The first kappa shape index (κ1) is 27.0. The quantitative estimate of drug-likeness (QED) is 0.344. The summed E-state index contributed by atoms with van der Waals surface area (Å²) >= 11 is 0. The van der Waals surface area contributed by atoms with Gasteiger partial charge in [-0.25, -0.2) is 14.3 Å². The Kier molecular flexibility index (Phi) is 7.49. The van der Waals surface area contributed by atoms with Gasteiger partial charge in [0, 0.05) is 36.8 Å². The summed E-state index contributed by atoms with van der Waals surface area (Å²) in [6, 6.07) is 13.0. The fourth-order valence-corrected chi connectivity index (χ4v) is 5.87. The van der Waals surface area contributed by atoms with Crippen molar-refractivity contribution in [2.45, 2.75) is 64.8 Å². The summed E-state index contributed by atoms with van der Waals surface area (Å²) in [6.07, 6.45) is 3.87. The van der Waals surface area contributed by atoms with E-state index in [0.717, 1.165) is 24.1 Å². The van der Waals surface area contributed by atoms with Gasteiger partial charge in [-0.15, -0.1) is 0 Å². The SMILES string of the molecule is CCCCc1c(Cc2ccc(-c3ccccc3)c(C3=NNC(=O)C3)c2F)c(=O)n(C2CCOCC2)c2nc(C)nn12. The molecule has 212 valence electrons. The molecule has 0 radical (unpaired) electrons. The number of aromatic nitrogens is 4. The minimum Gasteiger partial charge on any atom is -0.381 e. The molecule has 6 rings (SSSR count). The number of carbonyl (C=O) groups is 1. The minimum atomic E-state index is -0.477. The standard InChI is InChI=1S/C31H33FN6O3/c1-3-4-10-26-24(30(40)37(22-13-15-41-16-14-22)31-33-19(2)36-38(26)31)17-21-11-12-23(20-8-6-5-7-9-20)28(29(21)32)25-18-27(39)35-34-25/h5-9,11-12,22H,3-4,10,13-18H2,1-2H3,(H,35,39). The number of hydrazone groups is 1. The van der Waals surface area contributed by atoms with Gasteiger partial charge in [-0.2, -0.15) is 15.2 Å². The molecule has 10 heteroatoms. The lowest BCUT2D eigenvalue weighted by Gasteiger charge is -2.26. The molecule has 0 spiro atoms. The van der Waals surface area contributed by atoms with E-state index in [1.165, 1.54) is 0 Å². The number of unbranched alkanes of at least 4 members (excludes halogenated alkanes) is 1. The third kappa shape index (κ3) is 5.08. The van der Waals surface area contributed by atoms with Crippen LogP contribution in [0.3, 0.4) is 0 Å². The molecule has 2 aliphatic heterocycles. The van der Waals surface area contributed by atoms with Crippen LogP contribution in [0.2, 0.25) is 0 Å². The van der Waals surface area contributed by atoms with Gasteiger partial charge in [-0.05, 0) is 49.3 Å². The molecule has 4 aromatic rings. The van der Waals surface area contributed by atoms with Crippen LogP contribution in [0.4, 0.5) is 4.39 Å². The molecule has 1 amide bonds. The molecule has 0 atom stereocenters. The molecule has 1 N–H and O–H groups in total. The highest BCUT2D eigenvalue weighted by Gasteiger charge is 2.28. The average Bonchev–Trinajstić information content (AvgIpc) is 3.59. The maximum atomic E-state index is 16.6. The van der Waals surface area contributed by atoms with Crippen LogP contribution in [0.25, 0.3) is 16.9 Å². The smallest absolute Gasteiger partial charge is 0.259 e. The maximum Gasteiger partial charge on any atom is 0.259 e. The fraction of sp³-hybridized carbons (Fsp3) is 0.387. The summed E-state index contributed by atoms with van der Waals surface area (Å²) in [5.74, 6) is 0.351. The number of hydrogen-bond donors (Lipinski definition) is 1. The zero-order valence-corrected chi connectivity index (χ0v) is 23.3. The van der Waals surface area contributed by atoms with Crippen LogP contribution in [0.1, 0.15) is 73.3 Å². The van der Waals surface area contributed by atoms with Crippen molar-refractivity contribution in [1.82, 2.24) is 24.6 Å². The van der Waals surface area contributed by atoms with E-state index < -0.39 is 5.82 Å². The van der Waals surface area contributed by atoms with Crippen molar-refractivity contribution in [3.8, 4) is 11.1 Å². The second-order valence-electron chi connectivity index (χ2n) is 10.7. The molecule has 4 heterocycles. The number of nitrogens with one attached hydrogen (secondary N) is 1. The molecule has 0 unspecified atom stereocenters. The van der Waals surface area contributed by atoms with Gasteiger partial charge in [0.1, 0.15) is 11.6 Å². The number of ether oxygens (including phenoxy) is 1. The monoisotopic (exact) mass is 556 g/mol. The number of benzene rings is 2. The zero-order chi connectivity index (χ0) is 28.5. The number of nitrogens with zero attached hydrogens (tertiary/aromatic N) is 5. The fourth-order valence-electron chi connectivity index (χ4n) is 5.87. The molecule has 0 aliphatic carbocycles. The van der Waals surface area contributed by atoms with Crippen molar-refractivity contribution in [2.24, 2.45) is 5.10 Å². The number of hydrogen-bond acceptors (Lipinski definition) is 6. The van der Waals surface area contributed by atoms with E-state index in [1.54, 1.807) is 15.1 Å². The summed E-state index contributed by atoms with van der Waals surface area (Å²) in [7, 11) is 0. The highest BCUT2D eigenvalue weighted by atomic mass is 19.1. The Morgan fingerprint density at radius 3 is 2.59 bits per heavy atom. The van der Waals surface area contributed by atoms with Gasteiger partial charge in [0.25, 0.3) is 5.56 Å². The van der Waals surface area contributed by atoms with Gasteiger partial charge in [0.05, 0.1) is 17.8 Å². The lowest BCUT2D eigenvalue weighted by Crippen LogP contribution is -2.35. The van der Waals surface area contributed by atoms with Gasteiger partial charge >= 0.3 is 0 Å². The van der Waals surface area contributed by atoms with E-state index in [1.807, 2.05) is 43.3 Å². The number of rotatable bonds is 8. The van der Waals surface area contributed by atoms with E-state index in [4.69, 9.17) is 4.74 Å². The molecule has 2 aliphatic rings. The summed E-state index contributed by atoms with van der Waals surface area (Å²) in [4.78, 5) is 31.0. The van der Waals surface area contributed by atoms with Crippen LogP contribution in [0, 0.1) is 12.7 Å². The lowest BCUT2D eigenvalue weighted by atomic mass is 9.90. The van der Waals surface area contributed by atoms with E-state index in [-0.39, 0.29) is 35.9 Å². The third-order valence-corrected chi connectivity index (χ3v) is 7.92. The predicted octanol–water partition coefficient (Wildman–Crippen LogP) is 4.51. The lowest BCUT2D eigenvalue weighted by molar-refractivity contribution is -0.119. The molecular weight excluding hydrogens is 523 g/mol.